The Hall–Kier alpha value is -2.49. The number of oxime groups is 1. The zero-order valence-corrected chi connectivity index (χ0v) is 9.06. The van der Waals surface area contributed by atoms with E-state index in [2.05, 4.69) is 15.1 Å². The van der Waals surface area contributed by atoms with Crippen molar-refractivity contribution in [1.82, 2.24) is 9.97 Å². The quantitative estimate of drug-likeness (QED) is 0.496. The highest BCUT2D eigenvalue weighted by Gasteiger charge is 1.93. The predicted molar refractivity (Wildman–Crippen MR) is 66.8 cm³/mol. The highest BCUT2D eigenvalue weighted by molar-refractivity contribution is 5.77. The van der Waals surface area contributed by atoms with Crippen LogP contribution in [0.2, 0.25) is 0 Å². The van der Waals surface area contributed by atoms with Gasteiger partial charge in [0.1, 0.15) is 0 Å². The minimum absolute atomic E-state index is 0.565. The summed E-state index contributed by atoms with van der Waals surface area (Å²) < 4.78 is 0. The van der Waals surface area contributed by atoms with Gasteiger partial charge in [0.05, 0.1) is 11.9 Å². The molecule has 84 valence electrons. The maximum Gasteiger partial charge on any atom is 0.152 e. The Labute approximate surface area is 99.0 Å². The van der Waals surface area contributed by atoms with Gasteiger partial charge in [-0.2, -0.15) is 0 Å². The second kappa shape index (κ2) is 5.55. The van der Waals surface area contributed by atoms with E-state index in [1.165, 1.54) is 6.21 Å². The molecule has 0 unspecified atom stereocenters. The molecule has 1 aromatic carbocycles. The summed E-state index contributed by atoms with van der Waals surface area (Å²) in [5, 5.41) is 11.3. The largest absolute Gasteiger partial charge is 0.411 e. The Balaban J connectivity index is 2.19. The molecule has 0 saturated heterocycles. The van der Waals surface area contributed by atoms with Gasteiger partial charge in [0.15, 0.2) is 5.82 Å². The van der Waals surface area contributed by atoms with Gasteiger partial charge in [0.2, 0.25) is 0 Å². The molecule has 2 rings (SSSR count). The molecule has 1 heterocycles. The number of benzene rings is 1. The van der Waals surface area contributed by atoms with Gasteiger partial charge in [-0.3, -0.25) is 0 Å². The molecule has 1 aromatic heterocycles. The van der Waals surface area contributed by atoms with Crippen molar-refractivity contribution in [3.63, 3.8) is 0 Å². The zero-order chi connectivity index (χ0) is 11.9. The highest BCUT2D eigenvalue weighted by atomic mass is 16.4. The fourth-order valence-electron chi connectivity index (χ4n) is 1.33. The number of nitrogens with zero attached hydrogens (tertiary/aromatic N) is 3. The van der Waals surface area contributed by atoms with E-state index in [0.29, 0.717) is 11.5 Å². The van der Waals surface area contributed by atoms with Gasteiger partial charge in [-0.05, 0) is 17.7 Å². The van der Waals surface area contributed by atoms with Crippen molar-refractivity contribution in [3.8, 4) is 0 Å². The van der Waals surface area contributed by atoms with E-state index in [4.69, 9.17) is 5.21 Å². The van der Waals surface area contributed by atoms with Crippen LogP contribution in [0.15, 0.2) is 47.8 Å². The molecule has 17 heavy (non-hydrogen) atoms. The standard InChI is InChI=1S/C13H11N3O/c17-15-10-12-8-9-14-13(16-12)7-6-11-4-2-1-3-5-11/h1-10,17H. The van der Waals surface area contributed by atoms with Gasteiger partial charge < -0.3 is 5.21 Å². The first-order chi connectivity index (χ1) is 8.38. The molecule has 0 aliphatic carbocycles. The Morgan fingerprint density at radius 3 is 2.65 bits per heavy atom. The Kier molecular flexibility index (Phi) is 3.60. The van der Waals surface area contributed by atoms with Crippen molar-refractivity contribution in [3.05, 3.63) is 59.7 Å². The lowest BCUT2D eigenvalue weighted by atomic mass is 10.2. The molecule has 0 spiro atoms. The van der Waals surface area contributed by atoms with E-state index in [9.17, 15) is 0 Å². The van der Waals surface area contributed by atoms with Crippen molar-refractivity contribution in [2.45, 2.75) is 0 Å². The van der Waals surface area contributed by atoms with Crippen LogP contribution >= 0.6 is 0 Å². The van der Waals surface area contributed by atoms with Gasteiger partial charge in [-0.15, -0.1) is 0 Å². The minimum atomic E-state index is 0.565. The van der Waals surface area contributed by atoms with E-state index >= 15 is 0 Å². The average Bonchev–Trinajstić information content (AvgIpc) is 2.39. The second-order valence-corrected chi connectivity index (χ2v) is 3.33. The monoisotopic (exact) mass is 225 g/mol. The number of rotatable bonds is 3. The summed E-state index contributed by atoms with van der Waals surface area (Å²) in [5.41, 5.74) is 1.65. The molecule has 0 fully saturated rings. The molecule has 0 atom stereocenters. The van der Waals surface area contributed by atoms with Crippen molar-refractivity contribution in [2.75, 3.05) is 0 Å². The highest BCUT2D eigenvalue weighted by Crippen LogP contribution is 2.04. The van der Waals surface area contributed by atoms with Crippen LogP contribution in [0.5, 0.6) is 0 Å². The maximum absolute atomic E-state index is 8.41. The molecule has 2 aromatic rings. The van der Waals surface area contributed by atoms with Gasteiger partial charge in [-0.1, -0.05) is 41.6 Å². The van der Waals surface area contributed by atoms with Crippen molar-refractivity contribution >= 4 is 18.4 Å². The molecular weight excluding hydrogens is 214 g/mol. The Morgan fingerprint density at radius 2 is 1.88 bits per heavy atom. The summed E-state index contributed by atoms with van der Waals surface area (Å²) in [4.78, 5) is 8.27. The second-order valence-electron chi connectivity index (χ2n) is 3.33. The first-order valence-corrected chi connectivity index (χ1v) is 5.12. The normalized spacial score (nSPS) is 11.3. The smallest absolute Gasteiger partial charge is 0.152 e. The first kappa shape index (κ1) is 11.0. The maximum atomic E-state index is 8.41. The van der Waals surface area contributed by atoms with E-state index in [0.717, 1.165) is 5.56 Å². The third kappa shape index (κ3) is 3.24. The van der Waals surface area contributed by atoms with Gasteiger partial charge in [-0.25, -0.2) is 9.97 Å². The fraction of sp³-hybridized carbons (Fsp3) is 0. The molecular formula is C13H11N3O. The molecule has 0 radical (unpaired) electrons. The fourth-order valence-corrected chi connectivity index (χ4v) is 1.33. The summed E-state index contributed by atoms with van der Waals surface area (Å²) in [6.07, 6.45) is 6.62. The number of hydrogen-bond acceptors (Lipinski definition) is 4. The number of aromatic nitrogens is 2. The Bertz CT molecular complexity index is 535. The van der Waals surface area contributed by atoms with Crippen LogP contribution in [0.25, 0.3) is 12.2 Å². The average molecular weight is 225 g/mol. The molecule has 0 saturated carbocycles. The number of hydrogen-bond donors (Lipinski definition) is 1. The minimum Gasteiger partial charge on any atom is -0.411 e. The summed E-state index contributed by atoms with van der Waals surface area (Å²) in [6, 6.07) is 11.6. The summed E-state index contributed by atoms with van der Waals surface area (Å²) >= 11 is 0. The predicted octanol–water partition coefficient (Wildman–Crippen LogP) is 2.46. The summed E-state index contributed by atoms with van der Waals surface area (Å²) in [7, 11) is 0. The van der Waals surface area contributed by atoms with Crippen LogP contribution in [0.1, 0.15) is 17.1 Å². The SMILES string of the molecule is ON=Cc1ccnc(C=Cc2ccccc2)n1. The molecule has 4 heteroatoms. The van der Waals surface area contributed by atoms with Crippen LogP contribution in [-0.2, 0) is 0 Å². The van der Waals surface area contributed by atoms with Crippen molar-refractivity contribution in [2.24, 2.45) is 5.16 Å². The van der Waals surface area contributed by atoms with Gasteiger partial charge >= 0.3 is 0 Å². The molecule has 4 nitrogen and oxygen atoms in total. The topological polar surface area (TPSA) is 58.4 Å². The van der Waals surface area contributed by atoms with E-state index in [1.807, 2.05) is 42.5 Å². The lowest BCUT2D eigenvalue weighted by Crippen LogP contribution is -1.92. The van der Waals surface area contributed by atoms with Crippen molar-refractivity contribution < 1.29 is 5.21 Å². The summed E-state index contributed by atoms with van der Waals surface area (Å²) in [5.74, 6) is 0.575. The molecule has 0 amide bonds. The van der Waals surface area contributed by atoms with Crippen LogP contribution < -0.4 is 0 Å². The lowest BCUT2D eigenvalue weighted by molar-refractivity contribution is 0.321. The zero-order valence-electron chi connectivity index (χ0n) is 9.06. The van der Waals surface area contributed by atoms with Gasteiger partial charge in [0, 0.05) is 6.20 Å². The molecule has 1 N–H and O–H groups in total. The van der Waals surface area contributed by atoms with Gasteiger partial charge in [0.25, 0.3) is 0 Å². The van der Waals surface area contributed by atoms with Crippen LogP contribution in [0, 0.1) is 0 Å². The molecule has 0 aliphatic heterocycles. The Morgan fingerprint density at radius 1 is 1.06 bits per heavy atom. The van der Waals surface area contributed by atoms with Crippen LogP contribution in [-0.4, -0.2) is 21.4 Å². The first-order valence-electron chi connectivity index (χ1n) is 5.12. The van der Waals surface area contributed by atoms with E-state index < -0.39 is 0 Å². The van der Waals surface area contributed by atoms with E-state index in [1.54, 1.807) is 12.3 Å². The third-order valence-corrected chi connectivity index (χ3v) is 2.11. The van der Waals surface area contributed by atoms with E-state index in [-0.39, 0.29) is 0 Å². The molecule has 0 bridgehead atoms. The van der Waals surface area contributed by atoms with Crippen molar-refractivity contribution in [1.29, 1.82) is 0 Å². The van der Waals surface area contributed by atoms with Crippen LogP contribution in [0.3, 0.4) is 0 Å². The third-order valence-electron chi connectivity index (χ3n) is 2.11. The lowest BCUT2D eigenvalue weighted by Gasteiger charge is -1.94. The summed E-state index contributed by atoms with van der Waals surface area (Å²) in [6.45, 7) is 0. The molecule has 0 aliphatic rings. The van der Waals surface area contributed by atoms with Crippen LogP contribution in [0.4, 0.5) is 0 Å².